The van der Waals surface area contributed by atoms with E-state index in [1.807, 2.05) is 10.6 Å². The lowest BCUT2D eigenvalue weighted by atomic mass is 10.0. The van der Waals surface area contributed by atoms with Gasteiger partial charge in [-0.15, -0.1) is 11.6 Å². The van der Waals surface area contributed by atoms with Gasteiger partial charge in [0.25, 0.3) is 5.91 Å². The number of cyclic esters (lactones) is 1. The summed E-state index contributed by atoms with van der Waals surface area (Å²) >= 11 is 5.92. The maximum Gasteiger partial charge on any atom is 0.335 e. The van der Waals surface area contributed by atoms with E-state index in [0.29, 0.717) is 25.7 Å². The van der Waals surface area contributed by atoms with Crippen LogP contribution in [0.2, 0.25) is 0 Å². The van der Waals surface area contributed by atoms with E-state index in [1.165, 1.54) is 6.92 Å². The predicted molar refractivity (Wildman–Crippen MR) is 340 cm³/mol. The number of Topliss-reactive ketones (excluding diaryl/α,β-unsaturated/α-hetero) is 1. The SMILES string of the molecule is C/C=C1/NC(=O)[C@H]([C@H](C)O)NC(=O)[C@H](CCN)NC(=O)[C@H](CCCCN)NC(=O)[C@H](CC(=O)CCCCCCCCCC)NC(=O)[C@@H](CCN)NC(=O)[C@@H](NC(=O)C[C@@H](O)CCCCCCCCCCC)COC(=O)[C@H]([C@H](O)CCl)NC(=O)[C@H](C(O)C(=O)O)NC1=O. The minimum absolute atomic E-state index is 0.00605. The Bertz CT molecular complexity index is 2350. The van der Waals surface area contributed by atoms with Gasteiger partial charge >= 0.3 is 11.9 Å². The number of alkyl halides is 1. The lowest BCUT2D eigenvalue weighted by molar-refractivity contribution is -0.155. The third-order valence-corrected chi connectivity index (χ3v) is 15.6. The minimum Gasteiger partial charge on any atom is -0.479 e. The zero-order valence-corrected chi connectivity index (χ0v) is 54.8. The van der Waals surface area contributed by atoms with Crippen LogP contribution in [0.15, 0.2) is 11.8 Å². The van der Waals surface area contributed by atoms with Crippen molar-refractivity contribution in [3.05, 3.63) is 11.8 Å². The fourth-order valence-electron chi connectivity index (χ4n) is 9.84. The molecule has 31 heteroatoms. The number of esters is 1. The number of aliphatic hydroxyl groups excluding tert-OH is 4. The van der Waals surface area contributed by atoms with Crippen molar-refractivity contribution in [2.75, 3.05) is 32.1 Å². The van der Waals surface area contributed by atoms with Crippen LogP contribution in [0.4, 0.5) is 0 Å². The monoisotopic (exact) mass is 1330 g/mol. The van der Waals surface area contributed by atoms with E-state index in [0.717, 1.165) is 103 Å². The first-order valence-corrected chi connectivity index (χ1v) is 33.1. The molecule has 20 N–H and O–H groups in total. The Morgan fingerprint density at radius 2 is 1.05 bits per heavy atom. The van der Waals surface area contributed by atoms with Crippen LogP contribution in [-0.2, 0) is 62.3 Å². The average molecular weight is 1330 g/mol. The number of unbranched alkanes of at least 4 members (excludes halogenated alkanes) is 16. The van der Waals surface area contributed by atoms with Crippen LogP contribution in [0.1, 0.15) is 195 Å². The molecule has 0 spiro atoms. The molecular weight excluding hydrogens is 1220 g/mol. The smallest absolute Gasteiger partial charge is 0.335 e. The number of nitrogens with two attached hydrogens (primary N) is 3. The molecule has 92 heavy (non-hydrogen) atoms. The number of amides is 9. The van der Waals surface area contributed by atoms with Crippen LogP contribution in [0.3, 0.4) is 0 Å². The number of hydrogen-bond donors (Lipinski definition) is 17. The summed E-state index contributed by atoms with van der Waals surface area (Å²) in [6.45, 7) is 4.94. The number of rotatable bonds is 37. The third-order valence-electron chi connectivity index (χ3n) is 15.3. The van der Waals surface area contributed by atoms with E-state index in [1.54, 1.807) is 0 Å². The molecule has 526 valence electrons. The molecule has 0 bridgehead atoms. The van der Waals surface area contributed by atoms with Crippen molar-refractivity contribution >= 4 is 82.5 Å². The summed E-state index contributed by atoms with van der Waals surface area (Å²) in [5.41, 5.74) is 16.8. The lowest BCUT2D eigenvalue weighted by Gasteiger charge is -2.29. The number of carboxylic acid groups (broad SMARTS) is 1. The summed E-state index contributed by atoms with van der Waals surface area (Å²) in [4.78, 5) is 167. The van der Waals surface area contributed by atoms with Crippen molar-refractivity contribution < 1.29 is 87.8 Å². The number of carbonyl (C=O) groups is 12. The second-order valence-electron chi connectivity index (χ2n) is 23.2. The van der Waals surface area contributed by atoms with E-state index in [9.17, 15) is 83.1 Å². The molecular formula is C61H107ClN12O18. The number of ether oxygens (including phenoxy) is 1. The van der Waals surface area contributed by atoms with Gasteiger partial charge in [-0.1, -0.05) is 123 Å². The Balaban J connectivity index is 4.11. The molecule has 9 amide bonds. The first kappa shape index (κ1) is 83.6. The molecule has 12 atom stereocenters. The van der Waals surface area contributed by atoms with Gasteiger partial charge in [-0.3, -0.25) is 47.9 Å². The number of aliphatic carboxylic acids is 1. The molecule has 0 radical (unpaired) electrons. The number of nitrogens with one attached hydrogen (secondary N) is 9. The van der Waals surface area contributed by atoms with Gasteiger partial charge in [0.1, 0.15) is 60.4 Å². The molecule has 1 heterocycles. The lowest BCUT2D eigenvalue weighted by Crippen LogP contribution is -2.62. The van der Waals surface area contributed by atoms with Gasteiger partial charge in [0.15, 0.2) is 12.1 Å². The highest BCUT2D eigenvalue weighted by Crippen LogP contribution is 2.16. The van der Waals surface area contributed by atoms with E-state index in [2.05, 4.69) is 51.1 Å². The first-order chi connectivity index (χ1) is 43.8. The number of aliphatic hydroxyl groups is 4. The largest absolute Gasteiger partial charge is 0.479 e. The topological polar surface area (TPSA) is 502 Å². The minimum atomic E-state index is -2.82. The standard InChI is InChI=1S/C61H107ClN12O18/c1-5-8-10-12-14-16-18-20-22-26-39(77)34-47(79)66-45-36-92-61(91)49(46(78)35-62)73-59(88)50(51(80)60(89)90)74-52(81)40(7-3)67-58(87)48(37(4)75)72-55(84)43(29-32-65)69-53(82)41(27-23-24-30-63)68-56(85)44(71-54(83)42(28-31-64)70-57(45)86)33-38(76)25-21-19-17-15-13-11-9-6-2/h7,37,39,41-46,48-51,75,77-78,80H,5-6,8-36,63-65H2,1-4H3,(H,66,79)(H,67,87)(H,68,85)(H,69,82)(H,70,86)(H,71,83)(H,72,84)(H,73,88)(H,74,81)(H,89,90)/b40-7+/t37-,39-,41-,42+,43-,44-,45-,46+,48-,49-,50-,51?/m0/s1. The molecule has 1 unspecified atom stereocenters. The number of carboxylic acids is 1. The van der Waals surface area contributed by atoms with Crippen LogP contribution in [0.25, 0.3) is 0 Å². The molecule has 1 aliphatic heterocycles. The Morgan fingerprint density at radius 1 is 0.576 bits per heavy atom. The van der Waals surface area contributed by atoms with Crippen molar-refractivity contribution in [2.24, 2.45) is 17.2 Å². The van der Waals surface area contributed by atoms with Crippen molar-refractivity contribution in [2.45, 2.75) is 267 Å². The van der Waals surface area contributed by atoms with Crippen molar-refractivity contribution in [1.82, 2.24) is 47.9 Å². The maximum atomic E-state index is 14.6. The first-order valence-electron chi connectivity index (χ1n) is 32.5. The fraction of sp³-hybridized carbons (Fsp3) is 0.770. The highest BCUT2D eigenvalue weighted by molar-refractivity contribution is 6.18. The summed E-state index contributed by atoms with van der Waals surface area (Å²) in [7, 11) is 0. The van der Waals surface area contributed by atoms with Crippen LogP contribution in [0.5, 0.6) is 0 Å². The van der Waals surface area contributed by atoms with E-state index in [-0.39, 0.29) is 58.2 Å². The Hall–Kier alpha value is -6.41. The Labute approximate surface area is 544 Å². The number of halogens is 1. The van der Waals surface area contributed by atoms with Crippen LogP contribution >= 0.6 is 11.6 Å². The van der Waals surface area contributed by atoms with Gasteiger partial charge in [-0.2, -0.15) is 0 Å². The molecule has 1 fully saturated rings. The Kier molecular flexibility index (Phi) is 43.9. The van der Waals surface area contributed by atoms with Gasteiger partial charge in [-0.05, 0) is 78.4 Å². The average Bonchev–Trinajstić information content (AvgIpc) is 0.999. The van der Waals surface area contributed by atoms with Gasteiger partial charge in [-0.25, -0.2) is 9.59 Å². The highest BCUT2D eigenvalue weighted by Gasteiger charge is 2.41. The zero-order chi connectivity index (χ0) is 69.1. The fourth-order valence-corrected chi connectivity index (χ4v) is 10.0. The molecule has 30 nitrogen and oxygen atoms in total. The van der Waals surface area contributed by atoms with E-state index < -0.39 is 175 Å². The molecule has 0 aromatic carbocycles. The predicted octanol–water partition coefficient (Wildman–Crippen LogP) is -1.14. The van der Waals surface area contributed by atoms with Crippen LogP contribution < -0.4 is 65.1 Å². The Morgan fingerprint density at radius 3 is 1.55 bits per heavy atom. The molecule has 0 aromatic rings. The van der Waals surface area contributed by atoms with Gasteiger partial charge in [0.2, 0.25) is 47.3 Å². The van der Waals surface area contributed by atoms with E-state index in [4.69, 9.17) is 33.5 Å². The third kappa shape index (κ3) is 33.4. The number of hydrogen-bond acceptors (Lipinski definition) is 20. The molecule has 1 aliphatic rings. The molecule has 0 aromatic heterocycles. The summed E-state index contributed by atoms with van der Waals surface area (Å²) in [5.74, 6) is -15.9. The second kappa shape index (κ2) is 48.3. The second-order valence-corrected chi connectivity index (χ2v) is 23.5. The molecule has 0 saturated carbocycles. The normalized spacial score (nSPS) is 23.3. The van der Waals surface area contributed by atoms with Gasteiger partial charge < -0.3 is 95.3 Å². The molecule has 0 aliphatic carbocycles. The summed E-state index contributed by atoms with van der Waals surface area (Å²) in [6.07, 6.45) is 7.83. The quantitative estimate of drug-likeness (QED) is 0.0151. The van der Waals surface area contributed by atoms with Crippen molar-refractivity contribution in [3.63, 3.8) is 0 Å². The number of carbonyl (C=O) groups excluding carboxylic acids is 11. The summed E-state index contributed by atoms with van der Waals surface area (Å²) in [6, 6.07) is -15.3. The van der Waals surface area contributed by atoms with Crippen LogP contribution in [0, 0.1) is 0 Å². The van der Waals surface area contributed by atoms with Gasteiger partial charge in [0.05, 0.1) is 30.6 Å². The zero-order valence-electron chi connectivity index (χ0n) is 54.1. The van der Waals surface area contributed by atoms with Crippen molar-refractivity contribution in [1.29, 1.82) is 0 Å². The van der Waals surface area contributed by atoms with Crippen molar-refractivity contribution in [3.8, 4) is 0 Å². The molecule has 1 rings (SSSR count). The van der Waals surface area contributed by atoms with Gasteiger partial charge in [0, 0.05) is 12.8 Å². The van der Waals surface area contributed by atoms with E-state index >= 15 is 0 Å². The highest BCUT2D eigenvalue weighted by atomic mass is 35.5. The molecule has 1 saturated heterocycles. The van der Waals surface area contributed by atoms with Crippen LogP contribution in [-0.4, -0.2) is 201 Å². The number of ketones is 1. The number of allylic oxidation sites excluding steroid dienone is 1. The maximum absolute atomic E-state index is 14.6. The summed E-state index contributed by atoms with van der Waals surface area (Å²) < 4.78 is 5.37. The summed E-state index contributed by atoms with van der Waals surface area (Å²) in [5, 5.41) is 73.8.